The highest BCUT2D eigenvalue weighted by molar-refractivity contribution is 7.22. The molecule has 0 bridgehead atoms. The van der Waals surface area contributed by atoms with E-state index in [1.807, 2.05) is 13.8 Å². The summed E-state index contributed by atoms with van der Waals surface area (Å²) in [6.45, 7) is 3.85. The number of fused-ring (bicyclic) bond motifs is 1. The van der Waals surface area contributed by atoms with Gasteiger partial charge >= 0.3 is 5.97 Å². The minimum Gasteiger partial charge on any atom is -0.459 e. The third-order valence-electron chi connectivity index (χ3n) is 2.52. The van der Waals surface area contributed by atoms with Crippen LogP contribution in [-0.4, -0.2) is 17.1 Å². The summed E-state index contributed by atoms with van der Waals surface area (Å²) in [6.07, 6.45) is 0.742. The highest BCUT2D eigenvalue weighted by Gasteiger charge is 2.12. The standard InChI is InChI=1S/C12H14N2O2S/c1-3-7(2)16-11(15)8-4-5-9-10(6-8)17-12(13)14-9/h4-7H,3H2,1-2H3,(H2,13,14). The number of hydrogen-bond acceptors (Lipinski definition) is 5. The molecule has 0 amide bonds. The number of rotatable bonds is 3. The molecule has 1 heterocycles. The van der Waals surface area contributed by atoms with Gasteiger partial charge in [0.2, 0.25) is 0 Å². The first-order valence-corrected chi connectivity index (χ1v) is 6.29. The van der Waals surface area contributed by atoms with E-state index >= 15 is 0 Å². The van der Waals surface area contributed by atoms with E-state index in [4.69, 9.17) is 10.5 Å². The average molecular weight is 250 g/mol. The first-order valence-electron chi connectivity index (χ1n) is 5.47. The van der Waals surface area contributed by atoms with Crippen molar-refractivity contribution in [1.82, 2.24) is 4.98 Å². The SMILES string of the molecule is CCC(C)OC(=O)c1ccc2nc(N)sc2c1. The van der Waals surface area contributed by atoms with Gasteiger partial charge in [0, 0.05) is 0 Å². The molecule has 1 aromatic carbocycles. The fourth-order valence-electron chi connectivity index (χ4n) is 1.40. The zero-order valence-corrected chi connectivity index (χ0v) is 10.6. The van der Waals surface area contributed by atoms with Gasteiger partial charge < -0.3 is 10.5 Å². The second-order valence-electron chi connectivity index (χ2n) is 3.86. The van der Waals surface area contributed by atoms with E-state index in [2.05, 4.69) is 4.98 Å². The lowest BCUT2D eigenvalue weighted by Gasteiger charge is -2.10. The summed E-state index contributed by atoms with van der Waals surface area (Å²) < 4.78 is 6.16. The molecule has 2 N–H and O–H groups in total. The zero-order chi connectivity index (χ0) is 12.4. The number of thiazole rings is 1. The lowest BCUT2D eigenvalue weighted by atomic mass is 10.2. The Morgan fingerprint density at radius 3 is 3.06 bits per heavy atom. The van der Waals surface area contributed by atoms with Crippen molar-refractivity contribution < 1.29 is 9.53 Å². The van der Waals surface area contributed by atoms with Gasteiger partial charge in [-0.1, -0.05) is 18.3 Å². The summed E-state index contributed by atoms with van der Waals surface area (Å²) in [6, 6.07) is 5.27. The van der Waals surface area contributed by atoms with Crippen molar-refractivity contribution in [1.29, 1.82) is 0 Å². The lowest BCUT2D eigenvalue weighted by molar-refractivity contribution is 0.0335. The van der Waals surface area contributed by atoms with Crippen molar-refractivity contribution in [2.24, 2.45) is 0 Å². The molecule has 0 saturated carbocycles. The summed E-state index contributed by atoms with van der Waals surface area (Å²) >= 11 is 1.37. The summed E-state index contributed by atoms with van der Waals surface area (Å²) in [4.78, 5) is 15.9. The molecule has 1 unspecified atom stereocenters. The molecule has 0 spiro atoms. The van der Waals surface area contributed by atoms with Crippen LogP contribution in [0.1, 0.15) is 30.6 Å². The number of carbonyl (C=O) groups excluding carboxylic acids is 1. The maximum absolute atomic E-state index is 11.8. The van der Waals surface area contributed by atoms with Gasteiger partial charge in [0.25, 0.3) is 0 Å². The fourth-order valence-corrected chi connectivity index (χ4v) is 2.18. The van der Waals surface area contributed by atoms with Crippen molar-refractivity contribution in [2.45, 2.75) is 26.4 Å². The first-order chi connectivity index (χ1) is 8.10. The lowest BCUT2D eigenvalue weighted by Crippen LogP contribution is -2.13. The van der Waals surface area contributed by atoms with Crippen molar-refractivity contribution in [3.63, 3.8) is 0 Å². The Kier molecular flexibility index (Phi) is 3.28. The highest BCUT2D eigenvalue weighted by Crippen LogP contribution is 2.25. The number of hydrogen-bond donors (Lipinski definition) is 1. The number of nitrogens with two attached hydrogens (primary N) is 1. The maximum Gasteiger partial charge on any atom is 0.338 e. The van der Waals surface area contributed by atoms with Crippen LogP contribution in [0.15, 0.2) is 18.2 Å². The van der Waals surface area contributed by atoms with Gasteiger partial charge in [0.1, 0.15) is 0 Å². The Labute approximate surface area is 103 Å². The Bertz CT molecular complexity index is 550. The smallest absolute Gasteiger partial charge is 0.338 e. The van der Waals surface area contributed by atoms with Crippen molar-refractivity contribution in [2.75, 3.05) is 5.73 Å². The molecule has 2 rings (SSSR count). The molecule has 1 atom stereocenters. The van der Waals surface area contributed by atoms with Crippen LogP contribution in [-0.2, 0) is 4.74 Å². The van der Waals surface area contributed by atoms with Crippen molar-refractivity contribution in [3.8, 4) is 0 Å². The number of carbonyl (C=O) groups is 1. The van der Waals surface area contributed by atoms with Crippen molar-refractivity contribution >= 4 is 32.7 Å². The third kappa shape index (κ3) is 2.55. The predicted molar refractivity (Wildman–Crippen MR) is 69.2 cm³/mol. The molecule has 0 aliphatic rings. The molecular weight excluding hydrogens is 236 g/mol. The normalized spacial score (nSPS) is 12.6. The Morgan fingerprint density at radius 2 is 2.35 bits per heavy atom. The number of nitrogen functional groups attached to an aromatic ring is 1. The Morgan fingerprint density at radius 1 is 1.59 bits per heavy atom. The Balaban J connectivity index is 2.26. The molecule has 1 aromatic heterocycles. The van der Waals surface area contributed by atoms with Crippen LogP contribution in [0.5, 0.6) is 0 Å². The molecule has 90 valence electrons. The second kappa shape index (κ2) is 4.71. The molecule has 0 aliphatic carbocycles. The van der Waals surface area contributed by atoms with E-state index in [0.717, 1.165) is 16.6 Å². The monoisotopic (exact) mass is 250 g/mol. The quantitative estimate of drug-likeness (QED) is 0.851. The predicted octanol–water partition coefficient (Wildman–Crippen LogP) is 2.83. The summed E-state index contributed by atoms with van der Waals surface area (Å²) in [7, 11) is 0. The molecule has 0 radical (unpaired) electrons. The molecule has 0 saturated heterocycles. The summed E-state index contributed by atoms with van der Waals surface area (Å²) in [5.41, 5.74) is 6.97. The number of nitrogens with zero attached hydrogens (tertiary/aromatic N) is 1. The maximum atomic E-state index is 11.8. The van der Waals surface area contributed by atoms with Gasteiger partial charge in [-0.25, -0.2) is 9.78 Å². The van der Waals surface area contributed by atoms with Crippen LogP contribution in [0.25, 0.3) is 10.2 Å². The average Bonchev–Trinajstić information content (AvgIpc) is 2.67. The second-order valence-corrected chi connectivity index (χ2v) is 4.92. The Hall–Kier alpha value is -1.62. The van der Waals surface area contributed by atoms with Gasteiger partial charge in [-0.05, 0) is 31.5 Å². The number of benzene rings is 1. The summed E-state index contributed by atoms with van der Waals surface area (Å²) in [5.74, 6) is -0.298. The largest absolute Gasteiger partial charge is 0.459 e. The molecule has 0 aliphatic heterocycles. The number of esters is 1. The molecule has 4 nitrogen and oxygen atoms in total. The van der Waals surface area contributed by atoms with Crippen LogP contribution in [0, 0.1) is 0 Å². The van der Waals surface area contributed by atoms with Gasteiger partial charge in [-0.3, -0.25) is 0 Å². The minimum absolute atomic E-state index is 0.0651. The summed E-state index contributed by atoms with van der Waals surface area (Å²) in [5, 5.41) is 0.507. The zero-order valence-electron chi connectivity index (χ0n) is 9.77. The van der Waals surface area contributed by atoms with Crippen LogP contribution in [0.2, 0.25) is 0 Å². The number of aromatic nitrogens is 1. The topological polar surface area (TPSA) is 65.2 Å². The van der Waals surface area contributed by atoms with E-state index in [1.54, 1.807) is 18.2 Å². The van der Waals surface area contributed by atoms with Gasteiger partial charge in [-0.15, -0.1) is 0 Å². The van der Waals surface area contributed by atoms with E-state index < -0.39 is 0 Å². The molecule has 0 fully saturated rings. The van der Waals surface area contributed by atoms with Gasteiger partial charge in [0.05, 0.1) is 21.9 Å². The first kappa shape index (κ1) is 11.9. The molecule has 17 heavy (non-hydrogen) atoms. The van der Waals surface area contributed by atoms with Crippen LogP contribution in [0.3, 0.4) is 0 Å². The van der Waals surface area contributed by atoms with Gasteiger partial charge in [0.15, 0.2) is 5.13 Å². The third-order valence-corrected chi connectivity index (χ3v) is 3.37. The number of anilines is 1. The van der Waals surface area contributed by atoms with Crippen LogP contribution >= 0.6 is 11.3 Å². The van der Waals surface area contributed by atoms with Crippen molar-refractivity contribution in [3.05, 3.63) is 23.8 Å². The number of ether oxygens (including phenoxy) is 1. The minimum atomic E-state index is -0.298. The van der Waals surface area contributed by atoms with Crippen LogP contribution < -0.4 is 5.73 Å². The molecule has 2 aromatic rings. The highest BCUT2D eigenvalue weighted by atomic mass is 32.1. The van der Waals surface area contributed by atoms with E-state index in [0.29, 0.717) is 10.7 Å². The molecule has 5 heteroatoms. The van der Waals surface area contributed by atoms with Crippen LogP contribution in [0.4, 0.5) is 5.13 Å². The van der Waals surface area contributed by atoms with E-state index in [1.165, 1.54) is 11.3 Å². The fraction of sp³-hybridized carbons (Fsp3) is 0.333. The van der Waals surface area contributed by atoms with E-state index in [-0.39, 0.29) is 12.1 Å². The van der Waals surface area contributed by atoms with Gasteiger partial charge in [-0.2, -0.15) is 0 Å². The van der Waals surface area contributed by atoms with E-state index in [9.17, 15) is 4.79 Å². The molecular formula is C12H14N2O2S.